The molecular weight excluding hydrogens is 264 g/mol. The Morgan fingerprint density at radius 1 is 1.19 bits per heavy atom. The molecule has 0 bridgehead atoms. The molecule has 0 spiro atoms. The highest BCUT2D eigenvalue weighted by Crippen LogP contribution is 2.37. The van der Waals surface area contributed by atoms with Gasteiger partial charge in [-0.3, -0.25) is 4.57 Å². The first-order valence-electron chi connectivity index (χ1n) is 7.06. The molecule has 0 saturated heterocycles. The summed E-state index contributed by atoms with van der Waals surface area (Å²) in [5.74, 6) is 1.58. The summed E-state index contributed by atoms with van der Waals surface area (Å²) in [5, 5.41) is 8.22. The van der Waals surface area contributed by atoms with Crippen molar-refractivity contribution in [2.24, 2.45) is 5.73 Å². The van der Waals surface area contributed by atoms with Crippen LogP contribution in [0.1, 0.15) is 25.1 Å². The molecule has 1 aromatic carbocycles. The Labute approximate surface area is 122 Å². The van der Waals surface area contributed by atoms with E-state index in [-0.39, 0.29) is 5.54 Å². The van der Waals surface area contributed by atoms with Crippen molar-refractivity contribution in [2.45, 2.75) is 24.8 Å². The van der Waals surface area contributed by atoms with Gasteiger partial charge in [0.1, 0.15) is 17.8 Å². The van der Waals surface area contributed by atoms with Crippen LogP contribution < -0.4 is 5.73 Å². The van der Waals surface area contributed by atoms with Crippen LogP contribution in [-0.4, -0.2) is 24.7 Å². The quantitative estimate of drug-likeness (QED) is 0.768. The number of benzene rings is 1. The van der Waals surface area contributed by atoms with E-state index in [0.29, 0.717) is 0 Å². The summed E-state index contributed by atoms with van der Waals surface area (Å²) in [6.45, 7) is 0. The third-order valence-corrected chi connectivity index (χ3v) is 4.12. The lowest BCUT2D eigenvalue weighted by molar-refractivity contribution is 0.240. The lowest BCUT2D eigenvalue weighted by Crippen LogP contribution is -2.44. The summed E-state index contributed by atoms with van der Waals surface area (Å²) < 4.78 is 1.93. The normalized spacial score (nSPS) is 16.6. The minimum atomic E-state index is -0.296. The second-order valence-electron chi connectivity index (χ2n) is 5.52. The van der Waals surface area contributed by atoms with Crippen LogP contribution in [-0.2, 0) is 5.54 Å². The molecule has 2 aromatic heterocycles. The van der Waals surface area contributed by atoms with Crippen LogP contribution in [0.2, 0.25) is 0 Å². The van der Waals surface area contributed by atoms with Gasteiger partial charge in [-0.15, -0.1) is 10.2 Å². The molecule has 0 atom stereocenters. The standard InChI is InChI=1S/C15H16N6/c16-15(7-4-8-15)14-17-9-12(19-14)13-20-18-10-21(13)11-5-2-1-3-6-11/h1-3,5-6,9-10H,4,7-8,16H2,(H,17,19). The first kappa shape index (κ1) is 12.3. The van der Waals surface area contributed by atoms with Crippen molar-refractivity contribution >= 4 is 0 Å². The fourth-order valence-corrected chi connectivity index (χ4v) is 2.68. The van der Waals surface area contributed by atoms with Gasteiger partial charge >= 0.3 is 0 Å². The molecule has 0 radical (unpaired) electrons. The van der Waals surface area contributed by atoms with E-state index in [1.165, 1.54) is 0 Å². The Morgan fingerprint density at radius 3 is 2.71 bits per heavy atom. The Balaban J connectivity index is 1.74. The van der Waals surface area contributed by atoms with Gasteiger partial charge in [-0.25, -0.2) is 4.98 Å². The average Bonchev–Trinajstić information content (AvgIpc) is 3.14. The number of aromatic amines is 1. The molecule has 0 unspecified atom stereocenters. The van der Waals surface area contributed by atoms with Crippen molar-refractivity contribution in [3.63, 3.8) is 0 Å². The highest BCUT2D eigenvalue weighted by atomic mass is 15.3. The van der Waals surface area contributed by atoms with Gasteiger partial charge in [0.05, 0.1) is 11.7 Å². The van der Waals surface area contributed by atoms with Crippen LogP contribution in [0.4, 0.5) is 0 Å². The summed E-state index contributed by atoms with van der Waals surface area (Å²) in [7, 11) is 0. The van der Waals surface area contributed by atoms with Crippen LogP contribution in [0.25, 0.3) is 17.2 Å². The molecule has 0 aliphatic heterocycles. The number of nitrogens with one attached hydrogen (secondary N) is 1. The summed E-state index contributed by atoms with van der Waals surface area (Å²) in [6.07, 6.45) is 6.60. The van der Waals surface area contributed by atoms with E-state index >= 15 is 0 Å². The molecule has 3 N–H and O–H groups in total. The second-order valence-corrected chi connectivity index (χ2v) is 5.52. The van der Waals surface area contributed by atoms with Crippen LogP contribution >= 0.6 is 0 Å². The summed E-state index contributed by atoms with van der Waals surface area (Å²) in [5.41, 5.74) is 7.86. The number of hydrogen-bond acceptors (Lipinski definition) is 4. The van der Waals surface area contributed by atoms with Gasteiger partial charge in [-0.1, -0.05) is 18.2 Å². The number of imidazole rings is 1. The van der Waals surface area contributed by atoms with Crippen LogP contribution in [0.3, 0.4) is 0 Å². The third-order valence-electron chi connectivity index (χ3n) is 4.12. The van der Waals surface area contributed by atoms with Crippen molar-refractivity contribution in [2.75, 3.05) is 0 Å². The predicted molar refractivity (Wildman–Crippen MR) is 78.7 cm³/mol. The first-order chi connectivity index (χ1) is 10.3. The largest absolute Gasteiger partial charge is 0.338 e. The zero-order chi connectivity index (χ0) is 14.3. The van der Waals surface area contributed by atoms with E-state index in [1.807, 2.05) is 34.9 Å². The van der Waals surface area contributed by atoms with Crippen molar-refractivity contribution < 1.29 is 0 Å². The number of nitrogens with two attached hydrogens (primary N) is 1. The van der Waals surface area contributed by atoms with E-state index < -0.39 is 0 Å². The lowest BCUT2D eigenvalue weighted by atomic mass is 9.77. The Hall–Kier alpha value is -2.47. The molecule has 4 rings (SSSR count). The maximum Gasteiger partial charge on any atom is 0.186 e. The number of para-hydroxylation sites is 1. The second kappa shape index (κ2) is 4.53. The maximum atomic E-state index is 6.30. The van der Waals surface area contributed by atoms with Gasteiger partial charge in [0, 0.05) is 5.69 Å². The SMILES string of the molecule is NC1(c2ncc(-c3nncn3-c3ccccc3)[nH]2)CCC1. The Bertz CT molecular complexity index is 753. The molecule has 106 valence electrons. The topological polar surface area (TPSA) is 85.4 Å². The van der Waals surface area contributed by atoms with Gasteiger partial charge < -0.3 is 10.7 Å². The van der Waals surface area contributed by atoms with Crippen LogP contribution in [0, 0.1) is 0 Å². The molecule has 0 amide bonds. The predicted octanol–water partition coefficient (Wildman–Crippen LogP) is 2.00. The fraction of sp³-hybridized carbons (Fsp3) is 0.267. The van der Waals surface area contributed by atoms with Crippen LogP contribution in [0.5, 0.6) is 0 Å². The zero-order valence-electron chi connectivity index (χ0n) is 11.5. The zero-order valence-corrected chi connectivity index (χ0v) is 11.5. The van der Waals surface area contributed by atoms with E-state index in [1.54, 1.807) is 12.5 Å². The summed E-state index contributed by atoms with van der Waals surface area (Å²) in [4.78, 5) is 7.75. The molecular formula is C15H16N6. The van der Waals surface area contributed by atoms with Gasteiger partial charge in [0.2, 0.25) is 0 Å². The summed E-state index contributed by atoms with van der Waals surface area (Å²) >= 11 is 0. The minimum Gasteiger partial charge on any atom is -0.338 e. The molecule has 2 heterocycles. The number of rotatable bonds is 3. The number of aromatic nitrogens is 5. The third kappa shape index (κ3) is 1.95. The van der Waals surface area contributed by atoms with E-state index in [4.69, 9.17) is 5.73 Å². The van der Waals surface area contributed by atoms with Gasteiger partial charge in [-0.05, 0) is 31.4 Å². The molecule has 6 heteroatoms. The van der Waals surface area contributed by atoms with Gasteiger partial charge in [-0.2, -0.15) is 0 Å². The Morgan fingerprint density at radius 2 is 2.00 bits per heavy atom. The number of H-pyrrole nitrogens is 1. The minimum absolute atomic E-state index is 0.296. The fourth-order valence-electron chi connectivity index (χ4n) is 2.68. The highest BCUT2D eigenvalue weighted by Gasteiger charge is 2.37. The molecule has 1 fully saturated rings. The molecule has 6 nitrogen and oxygen atoms in total. The van der Waals surface area contributed by atoms with Crippen molar-refractivity contribution in [1.82, 2.24) is 24.7 Å². The van der Waals surface area contributed by atoms with Crippen molar-refractivity contribution in [3.8, 4) is 17.2 Å². The summed E-state index contributed by atoms with van der Waals surface area (Å²) in [6, 6.07) is 9.99. The highest BCUT2D eigenvalue weighted by molar-refractivity contribution is 5.53. The smallest absolute Gasteiger partial charge is 0.186 e. The van der Waals surface area contributed by atoms with E-state index in [0.717, 1.165) is 42.3 Å². The van der Waals surface area contributed by atoms with Crippen molar-refractivity contribution in [3.05, 3.63) is 48.7 Å². The number of hydrogen-bond donors (Lipinski definition) is 2. The molecule has 1 aliphatic rings. The monoisotopic (exact) mass is 280 g/mol. The van der Waals surface area contributed by atoms with E-state index in [2.05, 4.69) is 20.2 Å². The molecule has 1 saturated carbocycles. The lowest BCUT2D eigenvalue weighted by Gasteiger charge is -2.35. The van der Waals surface area contributed by atoms with E-state index in [9.17, 15) is 0 Å². The molecule has 1 aliphatic carbocycles. The molecule has 21 heavy (non-hydrogen) atoms. The maximum absolute atomic E-state index is 6.30. The molecule has 3 aromatic rings. The Kier molecular flexibility index (Phi) is 2.65. The van der Waals surface area contributed by atoms with Gasteiger partial charge in [0.15, 0.2) is 5.82 Å². The average molecular weight is 280 g/mol. The van der Waals surface area contributed by atoms with Gasteiger partial charge in [0.25, 0.3) is 0 Å². The van der Waals surface area contributed by atoms with Crippen LogP contribution in [0.15, 0.2) is 42.9 Å². The first-order valence-corrected chi connectivity index (χ1v) is 7.06. The number of nitrogens with zero attached hydrogens (tertiary/aromatic N) is 4. The van der Waals surface area contributed by atoms with Crippen molar-refractivity contribution in [1.29, 1.82) is 0 Å².